The van der Waals surface area contributed by atoms with Crippen molar-refractivity contribution in [3.63, 3.8) is 0 Å². The van der Waals surface area contributed by atoms with Gasteiger partial charge >= 0.3 is 0 Å². The van der Waals surface area contributed by atoms with Gasteiger partial charge in [0.1, 0.15) is 0 Å². The van der Waals surface area contributed by atoms with Crippen LogP contribution < -0.4 is 5.73 Å². The predicted molar refractivity (Wildman–Crippen MR) is 40.2 cm³/mol. The molecule has 0 bridgehead atoms. The normalized spacial score (nSPS) is 16.4. The van der Waals surface area contributed by atoms with Crippen LogP contribution >= 0.6 is 11.8 Å². The van der Waals surface area contributed by atoms with E-state index in [-0.39, 0.29) is 0 Å². The molecule has 1 aliphatic heterocycles. The van der Waals surface area contributed by atoms with Crippen LogP contribution in [0.4, 0.5) is 0 Å². The van der Waals surface area contributed by atoms with Crippen LogP contribution in [0.1, 0.15) is 0 Å². The van der Waals surface area contributed by atoms with Gasteiger partial charge in [-0.05, 0) is 7.05 Å². The van der Waals surface area contributed by atoms with Crippen LogP contribution in [0.2, 0.25) is 0 Å². The molecule has 0 aliphatic carbocycles. The van der Waals surface area contributed by atoms with E-state index < -0.39 is 0 Å². The molecule has 0 aromatic rings. The zero-order valence-corrected chi connectivity index (χ0v) is 6.36. The Kier molecular flexibility index (Phi) is 5.76. The van der Waals surface area contributed by atoms with E-state index in [0.717, 1.165) is 24.6 Å². The molecule has 1 rings (SSSR count). The van der Waals surface area contributed by atoms with Crippen LogP contribution in [0.15, 0.2) is 0 Å². The standard InChI is InChI=1S/C4H7NOS.CH5N/c6-3-5-1-2-7-4-5;1-2/h3H,1-2,4H2;2H2,1H3. The zero-order valence-electron chi connectivity index (χ0n) is 5.54. The van der Waals surface area contributed by atoms with Gasteiger partial charge in [-0.2, -0.15) is 0 Å². The minimum Gasteiger partial charge on any atom is -0.335 e. The molecule has 0 aromatic carbocycles. The molecule has 0 unspecified atom stereocenters. The molecule has 2 N–H and O–H groups in total. The molecule has 1 saturated heterocycles. The van der Waals surface area contributed by atoms with E-state index in [0.29, 0.717) is 0 Å². The Hall–Kier alpha value is -0.220. The molecule has 0 atom stereocenters. The number of nitrogens with zero attached hydrogens (tertiary/aromatic N) is 1. The fraction of sp³-hybridized carbons (Fsp3) is 0.800. The van der Waals surface area contributed by atoms with Gasteiger partial charge in [0.05, 0.1) is 5.88 Å². The number of carbonyl (C=O) groups is 1. The highest BCUT2D eigenvalue weighted by molar-refractivity contribution is 7.99. The first kappa shape index (κ1) is 8.78. The summed E-state index contributed by atoms with van der Waals surface area (Å²) >= 11 is 1.80. The number of amides is 1. The number of carbonyl (C=O) groups excluding carboxylic acids is 1. The maximum absolute atomic E-state index is 9.92. The zero-order chi connectivity index (χ0) is 7.11. The molecule has 1 fully saturated rings. The first-order valence-corrected chi connectivity index (χ1v) is 3.94. The highest BCUT2D eigenvalue weighted by Gasteiger charge is 2.06. The van der Waals surface area contributed by atoms with Gasteiger partial charge < -0.3 is 10.6 Å². The van der Waals surface area contributed by atoms with E-state index in [1.54, 1.807) is 16.7 Å². The van der Waals surface area contributed by atoms with Crippen LogP contribution in [0, 0.1) is 0 Å². The Balaban J connectivity index is 0.000000291. The lowest BCUT2D eigenvalue weighted by Crippen LogP contribution is -2.15. The minimum absolute atomic E-state index is 0.892. The molecule has 0 aromatic heterocycles. The molecule has 1 amide bonds. The van der Waals surface area contributed by atoms with Crippen molar-refractivity contribution >= 4 is 18.2 Å². The lowest BCUT2D eigenvalue weighted by molar-refractivity contribution is -0.116. The second kappa shape index (κ2) is 5.91. The third kappa shape index (κ3) is 3.37. The van der Waals surface area contributed by atoms with Crippen molar-refractivity contribution in [2.45, 2.75) is 0 Å². The molecular weight excluding hydrogens is 136 g/mol. The van der Waals surface area contributed by atoms with Gasteiger partial charge in [-0.15, -0.1) is 11.8 Å². The first-order chi connectivity index (χ1) is 4.43. The molecule has 9 heavy (non-hydrogen) atoms. The van der Waals surface area contributed by atoms with Crippen molar-refractivity contribution in [2.24, 2.45) is 5.73 Å². The third-order valence-corrected chi connectivity index (χ3v) is 1.91. The first-order valence-electron chi connectivity index (χ1n) is 2.78. The summed E-state index contributed by atoms with van der Waals surface area (Å²) in [5, 5.41) is 0. The average molecular weight is 148 g/mol. The summed E-state index contributed by atoms with van der Waals surface area (Å²) < 4.78 is 0. The highest BCUT2D eigenvalue weighted by Crippen LogP contribution is 2.09. The summed E-state index contributed by atoms with van der Waals surface area (Å²) in [4.78, 5) is 11.7. The molecule has 1 aliphatic rings. The van der Waals surface area contributed by atoms with Crippen molar-refractivity contribution in [1.82, 2.24) is 4.90 Å². The van der Waals surface area contributed by atoms with Gasteiger partial charge in [0.2, 0.25) is 6.41 Å². The van der Waals surface area contributed by atoms with E-state index in [4.69, 9.17) is 0 Å². The summed E-state index contributed by atoms with van der Waals surface area (Å²) in [5.41, 5.74) is 4.50. The maximum atomic E-state index is 9.92. The summed E-state index contributed by atoms with van der Waals surface area (Å²) in [7, 11) is 1.50. The summed E-state index contributed by atoms with van der Waals surface area (Å²) in [6, 6.07) is 0. The number of rotatable bonds is 1. The Morgan fingerprint density at radius 2 is 2.33 bits per heavy atom. The molecule has 0 radical (unpaired) electrons. The van der Waals surface area contributed by atoms with Crippen LogP contribution in [0.25, 0.3) is 0 Å². The van der Waals surface area contributed by atoms with E-state index in [9.17, 15) is 4.79 Å². The Labute approximate surface area is 59.6 Å². The van der Waals surface area contributed by atoms with E-state index in [1.807, 2.05) is 0 Å². The Morgan fingerprint density at radius 1 is 1.67 bits per heavy atom. The van der Waals surface area contributed by atoms with E-state index in [1.165, 1.54) is 7.05 Å². The third-order valence-electron chi connectivity index (χ3n) is 0.929. The summed E-state index contributed by atoms with van der Waals surface area (Å²) in [5.74, 6) is 2.00. The largest absolute Gasteiger partial charge is 0.335 e. The van der Waals surface area contributed by atoms with Crippen molar-refractivity contribution in [3.8, 4) is 0 Å². The van der Waals surface area contributed by atoms with Crippen LogP contribution in [0.5, 0.6) is 0 Å². The SMILES string of the molecule is CN.O=CN1CCSC1. The molecule has 1 heterocycles. The van der Waals surface area contributed by atoms with Crippen molar-refractivity contribution in [1.29, 1.82) is 0 Å². The number of thioether (sulfide) groups is 1. The second-order valence-corrected chi connectivity index (χ2v) is 2.53. The highest BCUT2D eigenvalue weighted by atomic mass is 32.2. The van der Waals surface area contributed by atoms with E-state index in [2.05, 4.69) is 5.73 Å². The van der Waals surface area contributed by atoms with Gasteiger partial charge in [-0.3, -0.25) is 4.79 Å². The molecular formula is C5H12N2OS. The van der Waals surface area contributed by atoms with Crippen LogP contribution in [-0.4, -0.2) is 36.5 Å². The number of nitrogens with two attached hydrogens (primary N) is 1. The monoisotopic (exact) mass is 148 g/mol. The number of hydrogen-bond donors (Lipinski definition) is 1. The topological polar surface area (TPSA) is 46.3 Å². The lowest BCUT2D eigenvalue weighted by atomic mass is 10.7. The minimum atomic E-state index is 0.892. The smallest absolute Gasteiger partial charge is 0.210 e. The van der Waals surface area contributed by atoms with Crippen molar-refractivity contribution in [3.05, 3.63) is 0 Å². The molecule has 54 valence electrons. The average Bonchev–Trinajstić information content (AvgIpc) is 2.43. The second-order valence-electron chi connectivity index (χ2n) is 1.46. The molecule has 3 nitrogen and oxygen atoms in total. The maximum Gasteiger partial charge on any atom is 0.210 e. The van der Waals surface area contributed by atoms with Crippen molar-refractivity contribution in [2.75, 3.05) is 25.2 Å². The summed E-state index contributed by atoms with van der Waals surface area (Å²) in [6.45, 7) is 0.939. The van der Waals surface area contributed by atoms with E-state index >= 15 is 0 Å². The lowest BCUT2D eigenvalue weighted by Gasteiger charge is -2.01. The Morgan fingerprint density at radius 3 is 2.56 bits per heavy atom. The number of hydrogen-bond acceptors (Lipinski definition) is 3. The molecule has 4 heteroatoms. The Bertz CT molecular complexity index is 73.4. The fourth-order valence-corrected chi connectivity index (χ4v) is 1.43. The van der Waals surface area contributed by atoms with Gasteiger partial charge in [-0.1, -0.05) is 0 Å². The predicted octanol–water partition coefficient (Wildman–Crippen LogP) is -0.276. The van der Waals surface area contributed by atoms with Crippen LogP contribution in [-0.2, 0) is 4.79 Å². The fourth-order valence-electron chi connectivity index (χ4n) is 0.511. The van der Waals surface area contributed by atoms with Gasteiger partial charge in [0.25, 0.3) is 0 Å². The quantitative estimate of drug-likeness (QED) is 0.520. The molecule has 0 spiro atoms. The van der Waals surface area contributed by atoms with Gasteiger partial charge in [0, 0.05) is 12.3 Å². The van der Waals surface area contributed by atoms with Gasteiger partial charge in [0.15, 0.2) is 0 Å². The summed E-state index contributed by atoms with van der Waals surface area (Å²) in [6.07, 6.45) is 0.903. The van der Waals surface area contributed by atoms with Gasteiger partial charge in [-0.25, -0.2) is 0 Å². The molecule has 0 saturated carbocycles. The van der Waals surface area contributed by atoms with Crippen LogP contribution in [0.3, 0.4) is 0 Å². The van der Waals surface area contributed by atoms with Crippen molar-refractivity contribution < 1.29 is 4.79 Å².